The molecule has 2 rings (SSSR count). The van der Waals surface area contributed by atoms with Crippen molar-refractivity contribution in [3.05, 3.63) is 77.1 Å². The minimum absolute atomic E-state index is 0.170. The SMILES string of the molecule is CNC(=O)c1ccc(/C=C/C(=O)NNC(=O)c2ccccc2F)cc1. The van der Waals surface area contributed by atoms with Crippen molar-refractivity contribution in [1.82, 2.24) is 16.2 Å². The monoisotopic (exact) mass is 341 g/mol. The van der Waals surface area contributed by atoms with Gasteiger partial charge < -0.3 is 5.32 Å². The van der Waals surface area contributed by atoms with Crippen molar-refractivity contribution in [2.45, 2.75) is 0 Å². The number of nitrogens with one attached hydrogen (secondary N) is 3. The van der Waals surface area contributed by atoms with Crippen molar-refractivity contribution in [2.24, 2.45) is 0 Å². The quantitative estimate of drug-likeness (QED) is 0.584. The van der Waals surface area contributed by atoms with Gasteiger partial charge in [0, 0.05) is 18.7 Å². The van der Waals surface area contributed by atoms with Crippen LogP contribution in [0.5, 0.6) is 0 Å². The van der Waals surface area contributed by atoms with Gasteiger partial charge in [-0.1, -0.05) is 24.3 Å². The Balaban J connectivity index is 1.89. The molecule has 2 aromatic carbocycles. The predicted molar refractivity (Wildman–Crippen MR) is 90.9 cm³/mol. The number of rotatable bonds is 4. The highest BCUT2D eigenvalue weighted by Gasteiger charge is 2.10. The number of hydrogen-bond acceptors (Lipinski definition) is 3. The highest BCUT2D eigenvalue weighted by Crippen LogP contribution is 2.07. The standard InChI is InChI=1S/C18H16FN3O3/c1-20-17(24)13-9-6-12(7-10-13)8-11-16(23)21-22-18(25)14-4-2-3-5-15(14)19/h2-11H,1H3,(H,20,24)(H,21,23)(H,22,25)/b11-8+. The summed E-state index contributed by atoms with van der Waals surface area (Å²) in [4.78, 5) is 34.9. The Morgan fingerprint density at radius 3 is 2.24 bits per heavy atom. The predicted octanol–water partition coefficient (Wildman–Crippen LogP) is 1.66. The maximum Gasteiger partial charge on any atom is 0.272 e. The molecule has 0 saturated carbocycles. The minimum Gasteiger partial charge on any atom is -0.355 e. The molecule has 0 fully saturated rings. The van der Waals surface area contributed by atoms with Crippen LogP contribution in [0.1, 0.15) is 26.3 Å². The number of carbonyl (C=O) groups is 3. The lowest BCUT2D eigenvalue weighted by Gasteiger charge is -2.05. The van der Waals surface area contributed by atoms with Gasteiger partial charge in [0.15, 0.2) is 0 Å². The summed E-state index contributed by atoms with van der Waals surface area (Å²) in [6, 6.07) is 12.0. The first-order valence-corrected chi connectivity index (χ1v) is 7.36. The molecule has 0 aliphatic carbocycles. The van der Waals surface area contributed by atoms with E-state index in [9.17, 15) is 18.8 Å². The maximum absolute atomic E-state index is 13.4. The van der Waals surface area contributed by atoms with Crippen LogP contribution in [0.15, 0.2) is 54.6 Å². The van der Waals surface area contributed by atoms with Gasteiger partial charge in [-0.25, -0.2) is 4.39 Å². The lowest BCUT2D eigenvalue weighted by atomic mass is 10.1. The van der Waals surface area contributed by atoms with Crippen LogP contribution >= 0.6 is 0 Å². The van der Waals surface area contributed by atoms with Gasteiger partial charge in [0.1, 0.15) is 5.82 Å². The topological polar surface area (TPSA) is 87.3 Å². The van der Waals surface area contributed by atoms with Crippen LogP contribution in [-0.2, 0) is 4.79 Å². The highest BCUT2D eigenvalue weighted by molar-refractivity contribution is 5.98. The van der Waals surface area contributed by atoms with E-state index in [0.29, 0.717) is 11.1 Å². The Morgan fingerprint density at radius 2 is 1.60 bits per heavy atom. The fourth-order valence-electron chi connectivity index (χ4n) is 1.93. The third-order valence-corrected chi connectivity index (χ3v) is 3.24. The first-order chi connectivity index (χ1) is 12.0. The number of carbonyl (C=O) groups excluding carboxylic acids is 3. The van der Waals surface area contributed by atoms with Gasteiger partial charge >= 0.3 is 0 Å². The normalized spacial score (nSPS) is 10.3. The summed E-state index contributed by atoms with van der Waals surface area (Å²) < 4.78 is 13.4. The van der Waals surface area contributed by atoms with Gasteiger partial charge in [-0.05, 0) is 35.9 Å². The van der Waals surface area contributed by atoms with E-state index in [1.807, 2.05) is 0 Å². The molecule has 0 unspecified atom stereocenters. The van der Waals surface area contributed by atoms with E-state index in [0.717, 1.165) is 6.07 Å². The van der Waals surface area contributed by atoms with Crippen LogP contribution in [0.25, 0.3) is 6.08 Å². The van der Waals surface area contributed by atoms with Gasteiger partial charge in [-0.2, -0.15) is 0 Å². The summed E-state index contributed by atoms with van der Waals surface area (Å²) in [7, 11) is 1.54. The second kappa shape index (κ2) is 8.39. The molecule has 0 aromatic heterocycles. The fraction of sp³-hybridized carbons (Fsp3) is 0.0556. The Hall–Kier alpha value is -3.48. The Kier molecular flexibility index (Phi) is 6.00. The Morgan fingerprint density at radius 1 is 0.920 bits per heavy atom. The number of amides is 3. The van der Waals surface area contributed by atoms with Gasteiger partial charge in [-0.15, -0.1) is 0 Å². The number of hydrogen-bond donors (Lipinski definition) is 3. The van der Waals surface area contributed by atoms with Crippen LogP contribution in [0.3, 0.4) is 0 Å². The summed E-state index contributed by atoms with van der Waals surface area (Å²) in [5.41, 5.74) is 5.31. The molecule has 0 bridgehead atoms. The van der Waals surface area contributed by atoms with Gasteiger partial charge in [0.05, 0.1) is 5.56 Å². The van der Waals surface area contributed by atoms with Crippen LogP contribution < -0.4 is 16.2 Å². The number of halogens is 1. The average molecular weight is 341 g/mol. The second-order valence-corrected chi connectivity index (χ2v) is 4.96. The molecule has 0 spiro atoms. The van der Waals surface area contributed by atoms with E-state index in [1.54, 1.807) is 24.3 Å². The molecular weight excluding hydrogens is 325 g/mol. The molecular formula is C18H16FN3O3. The van der Waals surface area contributed by atoms with E-state index in [-0.39, 0.29) is 11.5 Å². The van der Waals surface area contributed by atoms with Gasteiger partial charge in [0.25, 0.3) is 17.7 Å². The molecule has 6 nitrogen and oxygen atoms in total. The largest absolute Gasteiger partial charge is 0.355 e. The molecule has 0 saturated heterocycles. The molecule has 25 heavy (non-hydrogen) atoms. The van der Waals surface area contributed by atoms with Crippen molar-refractivity contribution in [3.63, 3.8) is 0 Å². The third kappa shape index (κ3) is 5.00. The highest BCUT2D eigenvalue weighted by atomic mass is 19.1. The van der Waals surface area contributed by atoms with Crippen molar-refractivity contribution in [1.29, 1.82) is 0 Å². The lowest BCUT2D eigenvalue weighted by molar-refractivity contribution is -0.117. The zero-order chi connectivity index (χ0) is 18.2. The molecule has 128 valence electrons. The molecule has 3 N–H and O–H groups in total. The molecule has 0 atom stereocenters. The Bertz CT molecular complexity index is 817. The molecule has 7 heteroatoms. The van der Waals surface area contributed by atoms with Gasteiger partial charge in [0.2, 0.25) is 0 Å². The summed E-state index contributed by atoms with van der Waals surface area (Å²) in [5.74, 6) is -2.22. The second-order valence-electron chi connectivity index (χ2n) is 4.96. The molecule has 0 heterocycles. The smallest absolute Gasteiger partial charge is 0.272 e. The lowest BCUT2D eigenvalue weighted by Crippen LogP contribution is -2.41. The van der Waals surface area contributed by atoms with Crippen molar-refractivity contribution < 1.29 is 18.8 Å². The average Bonchev–Trinajstić information content (AvgIpc) is 2.64. The minimum atomic E-state index is -0.755. The zero-order valence-electron chi connectivity index (χ0n) is 13.4. The number of hydrazine groups is 1. The maximum atomic E-state index is 13.4. The van der Waals surface area contributed by atoms with Crippen LogP contribution in [0, 0.1) is 5.82 Å². The molecule has 0 aliphatic heterocycles. The Labute approximate surface area is 143 Å². The molecule has 2 aromatic rings. The first kappa shape index (κ1) is 17.9. The molecule has 0 radical (unpaired) electrons. The van der Waals surface area contributed by atoms with E-state index < -0.39 is 17.6 Å². The molecule has 3 amide bonds. The fourth-order valence-corrected chi connectivity index (χ4v) is 1.93. The van der Waals surface area contributed by atoms with E-state index in [2.05, 4.69) is 16.2 Å². The zero-order valence-corrected chi connectivity index (χ0v) is 13.4. The summed E-state index contributed by atoms with van der Waals surface area (Å²) in [5, 5.41) is 2.51. The summed E-state index contributed by atoms with van der Waals surface area (Å²) >= 11 is 0. The summed E-state index contributed by atoms with van der Waals surface area (Å²) in [6.07, 6.45) is 2.72. The van der Waals surface area contributed by atoms with E-state index >= 15 is 0 Å². The summed E-state index contributed by atoms with van der Waals surface area (Å²) in [6.45, 7) is 0. The van der Waals surface area contributed by atoms with Crippen LogP contribution in [0.4, 0.5) is 4.39 Å². The third-order valence-electron chi connectivity index (χ3n) is 3.24. The van der Waals surface area contributed by atoms with Crippen molar-refractivity contribution in [2.75, 3.05) is 7.05 Å². The van der Waals surface area contributed by atoms with Crippen LogP contribution in [0.2, 0.25) is 0 Å². The van der Waals surface area contributed by atoms with Crippen molar-refractivity contribution in [3.8, 4) is 0 Å². The number of benzene rings is 2. The first-order valence-electron chi connectivity index (χ1n) is 7.36. The van der Waals surface area contributed by atoms with Gasteiger partial charge in [-0.3, -0.25) is 25.2 Å². The molecule has 0 aliphatic rings. The van der Waals surface area contributed by atoms with Crippen LogP contribution in [-0.4, -0.2) is 24.8 Å². The van der Waals surface area contributed by atoms with Crippen molar-refractivity contribution >= 4 is 23.8 Å². The van der Waals surface area contributed by atoms with E-state index in [1.165, 1.54) is 37.4 Å². The van der Waals surface area contributed by atoms with E-state index in [4.69, 9.17) is 0 Å².